The maximum Gasteiger partial charge on any atom is 0.191 e. The predicted molar refractivity (Wildman–Crippen MR) is 116 cm³/mol. The molecule has 2 aromatic heterocycles. The standard InChI is InChI=1S/C22H34N6O/c1-5-23-21(26-16-18-8-6-13-29-20(18)22(2,3)4)25-15-17-9-11-24-19(14-17)28-12-7-10-27-28/h7,9-12,14,18,20H,5-6,8,13,15-16H2,1-4H3,(H2,23,25,26). The fourth-order valence-electron chi connectivity index (χ4n) is 3.84. The van der Waals surface area contributed by atoms with Gasteiger partial charge in [-0.25, -0.2) is 14.7 Å². The van der Waals surface area contributed by atoms with Crippen LogP contribution < -0.4 is 10.6 Å². The number of aliphatic imine (C=N–C) groups is 1. The molecule has 2 unspecified atom stereocenters. The van der Waals surface area contributed by atoms with E-state index in [0.29, 0.717) is 12.5 Å². The number of hydrogen-bond acceptors (Lipinski definition) is 4. The quantitative estimate of drug-likeness (QED) is 0.577. The van der Waals surface area contributed by atoms with Crippen LogP contribution in [0.2, 0.25) is 0 Å². The summed E-state index contributed by atoms with van der Waals surface area (Å²) in [6.07, 6.45) is 8.02. The molecule has 2 N–H and O–H groups in total. The fourth-order valence-corrected chi connectivity index (χ4v) is 3.84. The monoisotopic (exact) mass is 398 g/mol. The number of pyridine rings is 1. The summed E-state index contributed by atoms with van der Waals surface area (Å²) in [7, 11) is 0. The molecule has 0 saturated carbocycles. The molecule has 1 saturated heterocycles. The second-order valence-corrected chi connectivity index (χ2v) is 8.61. The molecule has 7 nitrogen and oxygen atoms in total. The van der Waals surface area contributed by atoms with E-state index in [1.165, 1.54) is 6.42 Å². The van der Waals surface area contributed by atoms with E-state index in [1.807, 2.05) is 24.4 Å². The van der Waals surface area contributed by atoms with Crippen LogP contribution in [-0.4, -0.2) is 46.5 Å². The van der Waals surface area contributed by atoms with Crippen LogP contribution in [0.1, 0.15) is 46.1 Å². The topological polar surface area (TPSA) is 76.4 Å². The van der Waals surface area contributed by atoms with Crippen LogP contribution in [0.25, 0.3) is 5.82 Å². The van der Waals surface area contributed by atoms with Gasteiger partial charge in [-0.1, -0.05) is 20.8 Å². The van der Waals surface area contributed by atoms with Crippen molar-refractivity contribution in [2.24, 2.45) is 16.3 Å². The molecule has 2 aromatic rings. The lowest BCUT2D eigenvalue weighted by atomic mass is 9.78. The van der Waals surface area contributed by atoms with E-state index in [9.17, 15) is 0 Å². The Morgan fingerprint density at radius 2 is 2.17 bits per heavy atom. The molecule has 0 spiro atoms. The predicted octanol–water partition coefficient (Wildman–Crippen LogP) is 3.16. The molecule has 0 aromatic carbocycles. The van der Waals surface area contributed by atoms with E-state index in [4.69, 9.17) is 9.73 Å². The summed E-state index contributed by atoms with van der Waals surface area (Å²) in [6.45, 7) is 12.0. The van der Waals surface area contributed by atoms with Crippen molar-refractivity contribution < 1.29 is 4.74 Å². The first kappa shape index (κ1) is 21.3. The van der Waals surface area contributed by atoms with E-state index in [0.717, 1.165) is 43.5 Å². The molecule has 0 radical (unpaired) electrons. The summed E-state index contributed by atoms with van der Waals surface area (Å²) in [6, 6.07) is 5.90. The van der Waals surface area contributed by atoms with Gasteiger partial charge in [0.2, 0.25) is 0 Å². The molecule has 7 heteroatoms. The van der Waals surface area contributed by atoms with Crippen molar-refractivity contribution in [1.29, 1.82) is 0 Å². The van der Waals surface area contributed by atoms with Gasteiger partial charge in [0.25, 0.3) is 0 Å². The van der Waals surface area contributed by atoms with Crippen molar-refractivity contribution in [3.63, 3.8) is 0 Å². The van der Waals surface area contributed by atoms with Crippen molar-refractivity contribution in [3.8, 4) is 5.82 Å². The Kier molecular flexibility index (Phi) is 7.25. The summed E-state index contributed by atoms with van der Waals surface area (Å²) in [5, 5.41) is 11.1. The van der Waals surface area contributed by atoms with E-state index in [-0.39, 0.29) is 11.5 Å². The van der Waals surface area contributed by atoms with Crippen LogP contribution in [0.5, 0.6) is 0 Å². The Balaban J connectivity index is 1.63. The molecule has 0 bridgehead atoms. The normalized spacial score (nSPS) is 20.5. The average molecular weight is 399 g/mol. The number of nitrogens with zero attached hydrogens (tertiary/aromatic N) is 4. The van der Waals surface area contributed by atoms with Crippen LogP contribution in [-0.2, 0) is 11.3 Å². The lowest BCUT2D eigenvalue weighted by Crippen LogP contribution is -2.47. The highest BCUT2D eigenvalue weighted by Crippen LogP contribution is 2.33. The molecule has 1 aliphatic heterocycles. The number of guanidine groups is 1. The third-order valence-corrected chi connectivity index (χ3v) is 5.14. The smallest absolute Gasteiger partial charge is 0.191 e. The maximum absolute atomic E-state index is 6.11. The molecule has 158 valence electrons. The third kappa shape index (κ3) is 6.03. The van der Waals surface area contributed by atoms with Crippen LogP contribution >= 0.6 is 0 Å². The highest BCUT2D eigenvalue weighted by molar-refractivity contribution is 5.79. The molecule has 3 rings (SSSR count). The number of hydrogen-bond donors (Lipinski definition) is 2. The highest BCUT2D eigenvalue weighted by atomic mass is 16.5. The maximum atomic E-state index is 6.11. The lowest BCUT2D eigenvalue weighted by Gasteiger charge is -2.40. The van der Waals surface area contributed by atoms with Gasteiger partial charge < -0.3 is 15.4 Å². The second kappa shape index (κ2) is 9.87. The first-order chi connectivity index (χ1) is 14.0. The Morgan fingerprint density at radius 3 is 2.90 bits per heavy atom. The first-order valence-corrected chi connectivity index (χ1v) is 10.6. The SMILES string of the molecule is CCNC(=NCc1ccnc(-n2cccn2)c1)NCC1CCCOC1C(C)(C)C. The van der Waals surface area contributed by atoms with Crippen LogP contribution in [0.15, 0.2) is 41.8 Å². The van der Waals surface area contributed by atoms with Crippen molar-refractivity contribution in [2.75, 3.05) is 19.7 Å². The highest BCUT2D eigenvalue weighted by Gasteiger charge is 2.35. The number of aromatic nitrogens is 3. The Hall–Kier alpha value is -2.41. The van der Waals surface area contributed by atoms with Crippen LogP contribution in [0.4, 0.5) is 0 Å². The Bertz CT molecular complexity index is 781. The molecule has 3 heterocycles. The van der Waals surface area contributed by atoms with Gasteiger partial charge in [0.05, 0.1) is 12.6 Å². The van der Waals surface area contributed by atoms with Crippen molar-refractivity contribution in [2.45, 2.75) is 53.2 Å². The average Bonchev–Trinajstić information content (AvgIpc) is 3.25. The van der Waals surface area contributed by atoms with Crippen molar-refractivity contribution >= 4 is 5.96 Å². The fraction of sp³-hybridized carbons (Fsp3) is 0.591. The van der Waals surface area contributed by atoms with Gasteiger partial charge in [0, 0.05) is 44.2 Å². The van der Waals surface area contributed by atoms with E-state index in [2.05, 4.69) is 48.4 Å². The molecule has 1 fully saturated rings. The summed E-state index contributed by atoms with van der Waals surface area (Å²) >= 11 is 0. The Labute approximate surface area is 174 Å². The van der Waals surface area contributed by atoms with E-state index < -0.39 is 0 Å². The molecule has 0 amide bonds. The third-order valence-electron chi connectivity index (χ3n) is 5.14. The molecule has 0 aliphatic carbocycles. The van der Waals surface area contributed by atoms with Gasteiger partial charge >= 0.3 is 0 Å². The number of rotatable bonds is 6. The molecular formula is C22H34N6O. The largest absolute Gasteiger partial charge is 0.377 e. The van der Waals surface area contributed by atoms with Gasteiger partial charge in [0.15, 0.2) is 11.8 Å². The molecule has 2 atom stereocenters. The van der Waals surface area contributed by atoms with Gasteiger partial charge in [-0.15, -0.1) is 0 Å². The van der Waals surface area contributed by atoms with E-state index in [1.54, 1.807) is 17.1 Å². The van der Waals surface area contributed by atoms with Crippen molar-refractivity contribution in [3.05, 3.63) is 42.4 Å². The molecule has 1 aliphatic rings. The molecule has 29 heavy (non-hydrogen) atoms. The van der Waals surface area contributed by atoms with Gasteiger partial charge in [-0.3, -0.25) is 0 Å². The van der Waals surface area contributed by atoms with Gasteiger partial charge in [0.1, 0.15) is 0 Å². The number of ether oxygens (including phenoxy) is 1. The van der Waals surface area contributed by atoms with Crippen molar-refractivity contribution in [1.82, 2.24) is 25.4 Å². The lowest BCUT2D eigenvalue weighted by molar-refractivity contribution is -0.0835. The summed E-state index contributed by atoms with van der Waals surface area (Å²) in [4.78, 5) is 9.15. The first-order valence-electron chi connectivity index (χ1n) is 10.6. The minimum atomic E-state index is 0.141. The zero-order chi connectivity index (χ0) is 20.7. The zero-order valence-electron chi connectivity index (χ0n) is 18.1. The van der Waals surface area contributed by atoms with E-state index >= 15 is 0 Å². The second-order valence-electron chi connectivity index (χ2n) is 8.61. The van der Waals surface area contributed by atoms with Gasteiger partial charge in [-0.2, -0.15) is 5.10 Å². The van der Waals surface area contributed by atoms with Gasteiger partial charge in [-0.05, 0) is 48.9 Å². The van der Waals surface area contributed by atoms with Crippen LogP contribution in [0.3, 0.4) is 0 Å². The minimum Gasteiger partial charge on any atom is -0.377 e. The Morgan fingerprint density at radius 1 is 1.31 bits per heavy atom. The van der Waals surface area contributed by atoms with Crippen LogP contribution in [0, 0.1) is 11.3 Å². The summed E-state index contributed by atoms with van der Waals surface area (Å²) in [5.41, 5.74) is 1.23. The number of nitrogens with one attached hydrogen (secondary N) is 2. The zero-order valence-corrected chi connectivity index (χ0v) is 18.1. The molecular weight excluding hydrogens is 364 g/mol. The minimum absolute atomic E-state index is 0.141. The summed E-state index contributed by atoms with van der Waals surface area (Å²) in [5.74, 6) is 2.12. The summed E-state index contributed by atoms with van der Waals surface area (Å²) < 4.78 is 7.87.